The fourth-order valence-electron chi connectivity index (χ4n) is 2.66. The molecule has 0 N–H and O–H groups in total. The minimum absolute atomic E-state index is 0. The van der Waals surface area contributed by atoms with Crippen molar-refractivity contribution >= 4 is 17.2 Å². The van der Waals surface area contributed by atoms with Crippen LogP contribution in [0.2, 0.25) is 0 Å². The molecular weight excluding hydrogens is 268 g/mol. The summed E-state index contributed by atoms with van der Waals surface area (Å²) in [6.45, 7) is 6.87. The van der Waals surface area contributed by atoms with Gasteiger partial charge in [-0.1, -0.05) is 11.3 Å². The number of rotatable bonds is 2. The number of hydrogen-bond acceptors (Lipinski definition) is 2. The Balaban J connectivity index is 0.00000162. The molecule has 1 saturated heterocycles. The second-order valence-corrected chi connectivity index (χ2v) is 5.78. The number of aromatic nitrogens is 1. The van der Waals surface area contributed by atoms with E-state index in [0.717, 1.165) is 12.8 Å². The second-order valence-electron chi connectivity index (χ2n) is 5.06. The van der Waals surface area contributed by atoms with Crippen molar-refractivity contribution in [1.82, 2.24) is 4.90 Å². The Bertz CT molecular complexity index is 397. The van der Waals surface area contributed by atoms with E-state index in [9.17, 15) is 4.79 Å². The highest BCUT2D eigenvalue weighted by Crippen LogP contribution is 2.22. The lowest BCUT2D eigenvalue weighted by Crippen LogP contribution is -3.00. The zero-order valence-corrected chi connectivity index (χ0v) is 12.8. The van der Waals surface area contributed by atoms with Gasteiger partial charge in [0.25, 0.3) is 5.91 Å². The summed E-state index contributed by atoms with van der Waals surface area (Å²) < 4.78 is 2.04. The maximum absolute atomic E-state index is 12.3. The van der Waals surface area contributed by atoms with Gasteiger partial charge in [0.2, 0.25) is 12.1 Å². The molecule has 0 radical (unpaired) electrons. The van der Waals surface area contributed by atoms with Crippen molar-refractivity contribution in [3.63, 3.8) is 0 Å². The van der Waals surface area contributed by atoms with Gasteiger partial charge >= 0.3 is 0 Å². The first kappa shape index (κ1) is 15.4. The lowest BCUT2D eigenvalue weighted by molar-refractivity contribution is -0.686. The fraction of sp³-hybridized carbons (Fsp3) is 0.692. The predicted octanol–water partition coefficient (Wildman–Crippen LogP) is -0.862. The van der Waals surface area contributed by atoms with Crippen LogP contribution in [0.25, 0.3) is 0 Å². The first-order valence-corrected chi connectivity index (χ1v) is 7.27. The number of nitrogens with zero attached hydrogens (tertiary/aromatic N) is 2. The van der Waals surface area contributed by atoms with Gasteiger partial charge in [-0.15, -0.1) is 0 Å². The summed E-state index contributed by atoms with van der Waals surface area (Å²) >= 11 is 1.65. The van der Waals surface area contributed by atoms with E-state index in [0.29, 0.717) is 18.6 Å². The van der Waals surface area contributed by atoms with E-state index in [2.05, 4.69) is 24.1 Å². The highest BCUT2D eigenvalue weighted by molar-refractivity contribution is 7.07. The van der Waals surface area contributed by atoms with Crippen molar-refractivity contribution < 1.29 is 21.8 Å². The molecule has 0 bridgehead atoms. The van der Waals surface area contributed by atoms with Gasteiger partial charge in [-0.2, -0.15) is 4.57 Å². The Morgan fingerprint density at radius 1 is 1.44 bits per heavy atom. The van der Waals surface area contributed by atoms with E-state index in [4.69, 9.17) is 0 Å². The molecule has 1 aliphatic rings. The smallest absolute Gasteiger partial charge is 0.289 e. The average Bonchev–Trinajstić information content (AvgIpc) is 2.64. The third-order valence-corrected chi connectivity index (χ3v) is 4.52. The van der Waals surface area contributed by atoms with Gasteiger partial charge in [-0.25, -0.2) is 0 Å². The van der Waals surface area contributed by atoms with Crippen molar-refractivity contribution in [1.29, 1.82) is 0 Å². The molecule has 1 fully saturated rings. The summed E-state index contributed by atoms with van der Waals surface area (Å²) in [5.41, 5.74) is 3.19. The van der Waals surface area contributed by atoms with Crippen LogP contribution in [0.4, 0.5) is 0 Å². The number of carbonyl (C=O) groups is 1. The van der Waals surface area contributed by atoms with Crippen LogP contribution in [-0.2, 0) is 11.3 Å². The van der Waals surface area contributed by atoms with Crippen LogP contribution in [0, 0.1) is 6.92 Å². The van der Waals surface area contributed by atoms with Gasteiger partial charge in [-0.3, -0.25) is 4.79 Å². The van der Waals surface area contributed by atoms with E-state index in [1.165, 1.54) is 12.1 Å². The zero-order chi connectivity index (χ0) is 12.4. The predicted molar refractivity (Wildman–Crippen MR) is 68.9 cm³/mol. The summed E-state index contributed by atoms with van der Waals surface area (Å²) in [6, 6.07) is 0.789. The SMILES string of the molecule is Cc1csc[n+]1CC(=O)N1C(C)CCCC1C.[Cl-]. The van der Waals surface area contributed by atoms with Crippen molar-refractivity contribution in [3.05, 3.63) is 16.6 Å². The molecule has 2 atom stereocenters. The summed E-state index contributed by atoms with van der Waals surface area (Å²) in [6.07, 6.45) is 3.53. The Morgan fingerprint density at radius 2 is 2.06 bits per heavy atom. The number of likely N-dealkylation sites (tertiary alicyclic amines) is 1. The number of hydrogen-bond donors (Lipinski definition) is 0. The molecule has 2 unspecified atom stereocenters. The molecule has 18 heavy (non-hydrogen) atoms. The van der Waals surface area contributed by atoms with Gasteiger partial charge in [0, 0.05) is 19.0 Å². The molecule has 0 aliphatic carbocycles. The average molecular weight is 289 g/mol. The summed E-state index contributed by atoms with van der Waals surface area (Å²) in [4.78, 5) is 14.4. The first-order valence-electron chi connectivity index (χ1n) is 6.33. The molecule has 1 aromatic rings. The largest absolute Gasteiger partial charge is 1.00 e. The number of piperidine rings is 1. The Hall–Kier alpha value is -0.610. The van der Waals surface area contributed by atoms with Gasteiger partial charge in [0.15, 0.2) is 5.69 Å². The number of thiazole rings is 1. The third kappa shape index (κ3) is 3.23. The standard InChI is InChI=1S/C13H21N2OS.ClH/c1-10-5-4-6-11(2)15(10)13(16)7-14-9-17-8-12(14)3;/h8-11H,4-7H2,1-3H3;1H/q+1;/p-1. The minimum atomic E-state index is 0. The molecule has 102 valence electrons. The lowest BCUT2D eigenvalue weighted by atomic mass is 9.97. The minimum Gasteiger partial charge on any atom is -1.00 e. The fourth-order valence-corrected chi connectivity index (χ4v) is 3.44. The number of aryl methyl sites for hydroxylation is 1. The van der Waals surface area contributed by atoms with Crippen LogP contribution in [0.1, 0.15) is 38.8 Å². The van der Waals surface area contributed by atoms with Gasteiger partial charge in [0.05, 0.1) is 5.38 Å². The summed E-state index contributed by atoms with van der Waals surface area (Å²) in [7, 11) is 0. The molecule has 0 saturated carbocycles. The summed E-state index contributed by atoms with van der Waals surface area (Å²) in [5.74, 6) is 0.260. The van der Waals surface area contributed by atoms with E-state index < -0.39 is 0 Å². The molecule has 0 aromatic carbocycles. The van der Waals surface area contributed by atoms with Crippen molar-refractivity contribution in [2.45, 2.75) is 58.7 Å². The van der Waals surface area contributed by atoms with Crippen molar-refractivity contribution in [2.75, 3.05) is 0 Å². The van der Waals surface area contributed by atoms with Gasteiger partial charge in [-0.05, 0) is 33.1 Å². The van der Waals surface area contributed by atoms with E-state index in [-0.39, 0.29) is 18.3 Å². The molecule has 1 aromatic heterocycles. The van der Waals surface area contributed by atoms with E-state index in [1.54, 1.807) is 11.3 Å². The molecule has 2 rings (SSSR count). The Morgan fingerprint density at radius 3 is 2.56 bits per heavy atom. The molecule has 2 heterocycles. The van der Waals surface area contributed by atoms with Gasteiger partial charge in [0.1, 0.15) is 0 Å². The van der Waals surface area contributed by atoms with Crippen LogP contribution >= 0.6 is 11.3 Å². The van der Waals surface area contributed by atoms with Crippen LogP contribution in [0.15, 0.2) is 10.9 Å². The Kier molecular flexibility index (Phi) is 5.60. The van der Waals surface area contributed by atoms with Crippen molar-refractivity contribution in [2.24, 2.45) is 0 Å². The van der Waals surface area contributed by atoms with Crippen LogP contribution in [0.5, 0.6) is 0 Å². The van der Waals surface area contributed by atoms with E-state index >= 15 is 0 Å². The number of amides is 1. The monoisotopic (exact) mass is 288 g/mol. The quantitative estimate of drug-likeness (QED) is 0.650. The van der Waals surface area contributed by atoms with E-state index in [1.807, 2.05) is 17.0 Å². The second kappa shape index (κ2) is 6.53. The maximum atomic E-state index is 12.3. The first-order chi connectivity index (χ1) is 8.09. The lowest BCUT2D eigenvalue weighted by Gasteiger charge is -2.38. The highest BCUT2D eigenvalue weighted by Gasteiger charge is 2.31. The van der Waals surface area contributed by atoms with Crippen LogP contribution in [0.3, 0.4) is 0 Å². The number of carbonyl (C=O) groups excluding carboxylic acids is 1. The molecule has 1 amide bonds. The maximum Gasteiger partial charge on any atom is 0.289 e. The van der Waals surface area contributed by atoms with Crippen LogP contribution < -0.4 is 17.0 Å². The third-order valence-electron chi connectivity index (χ3n) is 3.67. The normalized spacial score (nSPS) is 23.6. The molecule has 1 aliphatic heterocycles. The topological polar surface area (TPSA) is 24.2 Å². The molecule has 5 heteroatoms. The van der Waals surface area contributed by atoms with Crippen molar-refractivity contribution in [3.8, 4) is 0 Å². The van der Waals surface area contributed by atoms with Gasteiger partial charge < -0.3 is 17.3 Å². The molecule has 3 nitrogen and oxygen atoms in total. The van der Waals surface area contributed by atoms with Crippen LogP contribution in [-0.4, -0.2) is 22.9 Å². The zero-order valence-electron chi connectivity index (χ0n) is 11.2. The summed E-state index contributed by atoms with van der Waals surface area (Å²) in [5, 5.41) is 2.08. The molecular formula is C13H21ClN2OS. The number of halogens is 1. The highest BCUT2D eigenvalue weighted by atomic mass is 35.5. The Labute approximate surface area is 119 Å². The molecule has 0 spiro atoms.